The molecule has 0 aromatic heterocycles. The first-order chi connectivity index (χ1) is 7.71. The van der Waals surface area contributed by atoms with Gasteiger partial charge in [0.2, 0.25) is 11.8 Å². The topological polar surface area (TPSA) is 58.2 Å². The third kappa shape index (κ3) is 1.30. The Morgan fingerprint density at radius 1 is 1.12 bits per heavy atom. The molecule has 2 aliphatic rings. The van der Waals surface area contributed by atoms with E-state index < -0.39 is 11.6 Å². The molecular weight excluding hydrogens is 204 g/mol. The van der Waals surface area contributed by atoms with Crippen molar-refractivity contribution in [2.45, 2.75) is 24.4 Å². The largest absolute Gasteiger partial charge is 0.340 e. The van der Waals surface area contributed by atoms with E-state index in [1.165, 1.54) is 0 Å². The van der Waals surface area contributed by atoms with Gasteiger partial charge in [-0.2, -0.15) is 0 Å². The number of amides is 2. The monoisotopic (exact) mass is 216 g/mol. The van der Waals surface area contributed by atoms with Crippen molar-refractivity contribution >= 4 is 11.8 Å². The third-order valence-electron chi connectivity index (χ3n) is 3.22. The van der Waals surface area contributed by atoms with Gasteiger partial charge in [0.1, 0.15) is 11.6 Å². The summed E-state index contributed by atoms with van der Waals surface area (Å²) in [6.07, 6.45) is 1.51. The first-order valence-corrected chi connectivity index (χ1v) is 5.39. The summed E-state index contributed by atoms with van der Waals surface area (Å²) in [7, 11) is 0. The number of benzene rings is 1. The molecule has 16 heavy (non-hydrogen) atoms. The smallest absolute Gasteiger partial charge is 0.248 e. The molecule has 4 heteroatoms. The minimum absolute atomic E-state index is 0.0547. The molecule has 1 aliphatic carbocycles. The Morgan fingerprint density at radius 3 is 2.44 bits per heavy atom. The molecule has 0 bridgehead atoms. The standard InChI is InChI=1S/C12H12N2O2/c15-10-9(8-4-2-1-3-5-8)13-11(16)12(14-10)6-7-12/h1-5,9H,6-7H2,(H,13,16)(H,14,15)/t9-/m1/s1. The van der Waals surface area contributed by atoms with Gasteiger partial charge in [0.15, 0.2) is 0 Å². The molecule has 1 aromatic rings. The Labute approximate surface area is 93.0 Å². The number of hydrogen-bond acceptors (Lipinski definition) is 2. The first kappa shape index (κ1) is 9.39. The molecule has 1 aromatic carbocycles. The van der Waals surface area contributed by atoms with Gasteiger partial charge in [-0.25, -0.2) is 0 Å². The summed E-state index contributed by atoms with van der Waals surface area (Å²) in [5, 5.41) is 5.60. The van der Waals surface area contributed by atoms with E-state index in [-0.39, 0.29) is 11.8 Å². The van der Waals surface area contributed by atoms with Crippen LogP contribution >= 0.6 is 0 Å². The SMILES string of the molecule is O=C1NC2(CC2)C(=O)N[C@@H]1c1ccccc1. The van der Waals surface area contributed by atoms with Crippen LogP contribution in [0.25, 0.3) is 0 Å². The molecule has 2 fully saturated rings. The second-order valence-corrected chi connectivity index (χ2v) is 4.39. The van der Waals surface area contributed by atoms with Crippen LogP contribution in [0.4, 0.5) is 0 Å². The Kier molecular flexibility index (Phi) is 1.80. The summed E-state index contributed by atoms with van der Waals surface area (Å²) in [5.41, 5.74) is 0.242. The van der Waals surface area contributed by atoms with E-state index in [4.69, 9.17) is 0 Å². The summed E-state index contributed by atoms with van der Waals surface area (Å²) in [5.74, 6) is -0.163. The Hall–Kier alpha value is -1.84. The van der Waals surface area contributed by atoms with Gasteiger partial charge in [0, 0.05) is 0 Å². The number of piperazine rings is 1. The first-order valence-electron chi connectivity index (χ1n) is 5.39. The predicted octanol–water partition coefficient (Wildman–Crippen LogP) is 0.506. The van der Waals surface area contributed by atoms with Gasteiger partial charge in [-0.3, -0.25) is 9.59 Å². The molecule has 1 heterocycles. The fourth-order valence-electron chi connectivity index (χ4n) is 2.06. The van der Waals surface area contributed by atoms with Crippen molar-refractivity contribution in [1.29, 1.82) is 0 Å². The fraction of sp³-hybridized carbons (Fsp3) is 0.333. The van der Waals surface area contributed by atoms with Crippen molar-refractivity contribution in [2.24, 2.45) is 0 Å². The molecule has 1 saturated heterocycles. The highest BCUT2D eigenvalue weighted by atomic mass is 16.2. The number of rotatable bonds is 1. The van der Waals surface area contributed by atoms with Crippen molar-refractivity contribution in [2.75, 3.05) is 0 Å². The lowest BCUT2D eigenvalue weighted by Crippen LogP contribution is -2.59. The van der Waals surface area contributed by atoms with Gasteiger partial charge < -0.3 is 10.6 Å². The van der Waals surface area contributed by atoms with E-state index in [2.05, 4.69) is 10.6 Å². The lowest BCUT2D eigenvalue weighted by molar-refractivity contribution is -0.138. The van der Waals surface area contributed by atoms with E-state index in [0.717, 1.165) is 18.4 Å². The molecule has 0 unspecified atom stereocenters. The van der Waals surface area contributed by atoms with E-state index in [1.807, 2.05) is 30.3 Å². The van der Waals surface area contributed by atoms with Crippen LogP contribution < -0.4 is 10.6 Å². The Bertz CT molecular complexity index is 451. The van der Waals surface area contributed by atoms with Crippen LogP contribution in [-0.2, 0) is 9.59 Å². The van der Waals surface area contributed by atoms with Crippen LogP contribution in [0.2, 0.25) is 0 Å². The maximum atomic E-state index is 11.9. The van der Waals surface area contributed by atoms with Crippen LogP contribution in [0, 0.1) is 0 Å². The van der Waals surface area contributed by atoms with Gasteiger partial charge in [0.05, 0.1) is 0 Å². The average Bonchev–Trinajstić information content (AvgIpc) is 3.06. The summed E-state index contributed by atoms with van der Waals surface area (Å²) in [4.78, 5) is 23.7. The molecule has 1 atom stereocenters. The van der Waals surface area contributed by atoms with Crippen LogP contribution in [0.1, 0.15) is 24.4 Å². The predicted molar refractivity (Wildman–Crippen MR) is 57.4 cm³/mol. The molecule has 1 spiro atoms. The highest BCUT2D eigenvalue weighted by molar-refractivity contribution is 6.02. The molecule has 2 amide bonds. The van der Waals surface area contributed by atoms with Gasteiger partial charge in [-0.05, 0) is 18.4 Å². The average molecular weight is 216 g/mol. The summed E-state index contributed by atoms with van der Waals surface area (Å²) < 4.78 is 0. The Morgan fingerprint density at radius 2 is 1.81 bits per heavy atom. The van der Waals surface area contributed by atoms with Crippen molar-refractivity contribution in [3.8, 4) is 0 Å². The van der Waals surface area contributed by atoms with Gasteiger partial charge >= 0.3 is 0 Å². The third-order valence-corrected chi connectivity index (χ3v) is 3.22. The zero-order valence-corrected chi connectivity index (χ0v) is 8.69. The number of nitrogens with one attached hydrogen (secondary N) is 2. The minimum atomic E-state index is -0.581. The highest BCUT2D eigenvalue weighted by Gasteiger charge is 2.55. The van der Waals surface area contributed by atoms with E-state index in [0.29, 0.717) is 0 Å². The molecule has 0 radical (unpaired) electrons. The van der Waals surface area contributed by atoms with Crippen LogP contribution in [0.15, 0.2) is 30.3 Å². The van der Waals surface area contributed by atoms with E-state index in [1.54, 1.807) is 0 Å². The second kappa shape index (κ2) is 3.07. The molecule has 4 nitrogen and oxygen atoms in total. The molecule has 82 valence electrons. The molecular formula is C12H12N2O2. The van der Waals surface area contributed by atoms with Gasteiger partial charge in [-0.1, -0.05) is 30.3 Å². The van der Waals surface area contributed by atoms with E-state index >= 15 is 0 Å². The summed E-state index contributed by atoms with van der Waals surface area (Å²) in [6.45, 7) is 0. The maximum absolute atomic E-state index is 11.9. The van der Waals surface area contributed by atoms with Crippen molar-refractivity contribution in [3.05, 3.63) is 35.9 Å². The second-order valence-electron chi connectivity index (χ2n) is 4.39. The lowest BCUT2D eigenvalue weighted by Gasteiger charge is -2.29. The quantitative estimate of drug-likeness (QED) is 0.718. The number of carbonyl (C=O) groups is 2. The fourth-order valence-corrected chi connectivity index (χ4v) is 2.06. The van der Waals surface area contributed by atoms with Crippen LogP contribution in [0.5, 0.6) is 0 Å². The van der Waals surface area contributed by atoms with Crippen LogP contribution in [-0.4, -0.2) is 17.4 Å². The molecule has 1 aliphatic heterocycles. The molecule has 2 N–H and O–H groups in total. The van der Waals surface area contributed by atoms with Gasteiger partial charge in [0.25, 0.3) is 0 Å². The molecule has 1 saturated carbocycles. The van der Waals surface area contributed by atoms with Crippen molar-refractivity contribution < 1.29 is 9.59 Å². The lowest BCUT2D eigenvalue weighted by atomic mass is 10.0. The summed E-state index contributed by atoms with van der Waals surface area (Å²) >= 11 is 0. The summed E-state index contributed by atoms with van der Waals surface area (Å²) in [6, 6.07) is 8.74. The van der Waals surface area contributed by atoms with Crippen molar-refractivity contribution in [1.82, 2.24) is 10.6 Å². The van der Waals surface area contributed by atoms with Crippen LogP contribution in [0.3, 0.4) is 0 Å². The van der Waals surface area contributed by atoms with E-state index in [9.17, 15) is 9.59 Å². The zero-order chi connectivity index (χ0) is 11.2. The molecule has 3 rings (SSSR count). The normalized spacial score (nSPS) is 26.1. The number of carbonyl (C=O) groups excluding carboxylic acids is 2. The number of hydrogen-bond donors (Lipinski definition) is 2. The highest BCUT2D eigenvalue weighted by Crippen LogP contribution is 2.38. The Balaban J connectivity index is 1.88. The maximum Gasteiger partial charge on any atom is 0.248 e. The van der Waals surface area contributed by atoms with Crippen molar-refractivity contribution in [3.63, 3.8) is 0 Å². The zero-order valence-electron chi connectivity index (χ0n) is 8.69. The van der Waals surface area contributed by atoms with Gasteiger partial charge in [-0.15, -0.1) is 0 Å². The minimum Gasteiger partial charge on any atom is -0.340 e.